The van der Waals surface area contributed by atoms with Gasteiger partial charge < -0.3 is 0 Å². The number of nitrogens with zero attached hydrogens (tertiary/aromatic N) is 1. The van der Waals surface area contributed by atoms with Crippen LogP contribution < -0.4 is 0 Å². The smallest absolute Gasteiger partial charge is 0.0286 e. The summed E-state index contributed by atoms with van der Waals surface area (Å²) in [5.74, 6) is 2.35. The summed E-state index contributed by atoms with van der Waals surface area (Å²) in [7, 11) is 2.25. The van der Waals surface area contributed by atoms with Crippen molar-refractivity contribution in [3.8, 4) is 0 Å². The Balaban J connectivity index is 2.00. The Bertz CT molecular complexity index is 114. The van der Waals surface area contributed by atoms with Gasteiger partial charge in [0.25, 0.3) is 0 Å². The lowest BCUT2D eigenvalue weighted by atomic mass is 10.0. The molecule has 7 heavy (non-hydrogen) atoms. The van der Waals surface area contributed by atoms with Gasteiger partial charge in [-0.1, -0.05) is 0 Å². The average Bonchev–Trinajstić information content (AvgIpc) is 2.20. The van der Waals surface area contributed by atoms with E-state index >= 15 is 0 Å². The highest BCUT2D eigenvalue weighted by atomic mass is 15.4. The first-order chi connectivity index (χ1) is 3.39. The van der Waals surface area contributed by atoms with E-state index in [1.54, 1.807) is 6.42 Å². The number of hydrogen-bond donors (Lipinski definition) is 0. The molecule has 0 aromatic carbocycles. The zero-order valence-corrected chi connectivity index (χ0v) is 4.46. The molecule has 0 N–H and O–H groups in total. The summed E-state index contributed by atoms with van der Waals surface area (Å²) in [5, 5.41) is 0. The van der Waals surface area contributed by atoms with Gasteiger partial charge in [-0.15, -0.1) is 0 Å². The first-order valence-corrected chi connectivity index (χ1v) is 3.11. The number of likely N-dealkylation sites (tertiary alicyclic amines) is 1. The lowest BCUT2D eigenvalue weighted by molar-refractivity contribution is 0.572. The van der Waals surface area contributed by atoms with Gasteiger partial charge in [0.2, 0.25) is 0 Å². The molecule has 5 atom stereocenters. The first kappa shape index (κ1) is 3.08. The molecule has 2 aliphatic carbocycles. The van der Waals surface area contributed by atoms with Gasteiger partial charge in [-0.25, -0.2) is 0 Å². The number of rotatable bonds is 0. The third-order valence-electron chi connectivity index (χ3n) is 2.97. The van der Waals surface area contributed by atoms with Crippen molar-refractivity contribution in [1.29, 1.82) is 0 Å². The number of hydrogen-bond acceptors (Lipinski definition) is 1. The molecule has 0 aromatic heterocycles. The number of fused-ring (bicyclic) bond motifs is 4. The lowest BCUT2D eigenvalue weighted by Crippen LogP contribution is -2.11. The Hall–Kier alpha value is -0.0400. The fourth-order valence-electron chi connectivity index (χ4n) is 2.37. The van der Waals surface area contributed by atoms with E-state index in [2.05, 4.69) is 11.9 Å². The van der Waals surface area contributed by atoms with Gasteiger partial charge in [0, 0.05) is 12.1 Å². The second kappa shape index (κ2) is 0.576. The molecule has 38 valence electrons. The molecule has 3 aliphatic rings. The van der Waals surface area contributed by atoms with E-state index in [1.165, 1.54) is 11.8 Å². The van der Waals surface area contributed by atoms with Crippen molar-refractivity contribution in [2.75, 3.05) is 7.05 Å². The molecular formula is C6H9N. The van der Waals surface area contributed by atoms with Crippen LogP contribution in [-0.2, 0) is 0 Å². The molecule has 4 unspecified atom stereocenters. The molecule has 0 spiro atoms. The van der Waals surface area contributed by atoms with Crippen molar-refractivity contribution in [1.82, 2.24) is 4.90 Å². The minimum Gasteiger partial charge on any atom is -0.297 e. The summed E-state index contributed by atoms with van der Waals surface area (Å²) in [4.78, 5) is 2.51. The predicted molar refractivity (Wildman–Crippen MR) is 26.9 cm³/mol. The summed E-state index contributed by atoms with van der Waals surface area (Å²) < 4.78 is 0. The Morgan fingerprint density at radius 2 is 1.86 bits per heavy atom. The highest BCUT2D eigenvalue weighted by molar-refractivity contribution is 5.28. The third-order valence-corrected chi connectivity index (χ3v) is 2.97. The summed E-state index contributed by atoms with van der Waals surface area (Å²) >= 11 is 0. The van der Waals surface area contributed by atoms with E-state index in [0.717, 1.165) is 12.1 Å². The largest absolute Gasteiger partial charge is 0.297 e. The monoisotopic (exact) mass is 95.1 g/mol. The van der Waals surface area contributed by atoms with E-state index < -0.39 is 0 Å². The summed E-state index contributed by atoms with van der Waals surface area (Å²) in [5.41, 5.74) is 0. The lowest BCUT2D eigenvalue weighted by Gasteiger charge is -1.99. The summed E-state index contributed by atoms with van der Waals surface area (Å²) in [6.07, 6.45) is 1.57. The molecule has 1 heterocycles. The highest BCUT2D eigenvalue weighted by Gasteiger charge is 2.74. The maximum atomic E-state index is 2.51. The van der Waals surface area contributed by atoms with Crippen LogP contribution in [0.4, 0.5) is 0 Å². The molecule has 1 aliphatic heterocycles. The van der Waals surface area contributed by atoms with E-state index in [9.17, 15) is 0 Å². The van der Waals surface area contributed by atoms with Crippen LogP contribution in [-0.4, -0.2) is 24.0 Å². The van der Waals surface area contributed by atoms with Crippen LogP contribution >= 0.6 is 0 Å². The van der Waals surface area contributed by atoms with Gasteiger partial charge in [0.1, 0.15) is 0 Å². The van der Waals surface area contributed by atoms with Crippen molar-refractivity contribution in [2.45, 2.75) is 18.5 Å². The van der Waals surface area contributed by atoms with E-state index in [-0.39, 0.29) is 0 Å². The second-order valence-corrected chi connectivity index (χ2v) is 3.21. The Morgan fingerprint density at radius 3 is 2.14 bits per heavy atom. The van der Waals surface area contributed by atoms with E-state index in [1.807, 2.05) is 0 Å². The zero-order chi connectivity index (χ0) is 4.59. The molecule has 1 heteroatoms. The Kier molecular flexibility index (Phi) is 0.253. The molecule has 0 radical (unpaired) electrons. The minimum atomic E-state index is 1.07. The third kappa shape index (κ3) is 0.163. The predicted octanol–water partition coefficient (Wildman–Crippen LogP) is 0.319. The maximum absolute atomic E-state index is 2.51. The molecule has 2 saturated carbocycles. The summed E-state index contributed by atoms with van der Waals surface area (Å²) in [6, 6.07) is 2.15. The van der Waals surface area contributed by atoms with Crippen molar-refractivity contribution in [2.24, 2.45) is 11.8 Å². The van der Waals surface area contributed by atoms with Crippen molar-refractivity contribution < 1.29 is 0 Å². The SMILES string of the molecule is CN1C2C3CC3[C@H]21. The van der Waals surface area contributed by atoms with Crippen LogP contribution in [0.1, 0.15) is 6.42 Å². The number of likely N-dealkylation sites (N-methyl/N-ethyl adjacent to an activating group) is 1. The molecule has 0 bridgehead atoms. The van der Waals surface area contributed by atoms with Gasteiger partial charge in [0.05, 0.1) is 0 Å². The zero-order valence-electron chi connectivity index (χ0n) is 4.46. The fraction of sp³-hybridized carbons (Fsp3) is 1.00. The quantitative estimate of drug-likeness (QED) is 0.391. The Morgan fingerprint density at radius 1 is 1.29 bits per heavy atom. The van der Waals surface area contributed by atoms with Gasteiger partial charge in [-0.05, 0) is 25.3 Å². The van der Waals surface area contributed by atoms with Gasteiger partial charge in [-0.3, -0.25) is 4.90 Å². The molecule has 3 rings (SSSR count). The molecular weight excluding hydrogens is 86.1 g/mol. The normalized spacial score (nSPS) is 81.0. The van der Waals surface area contributed by atoms with Gasteiger partial charge in [-0.2, -0.15) is 0 Å². The van der Waals surface area contributed by atoms with E-state index in [4.69, 9.17) is 0 Å². The highest BCUT2D eigenvalue weighted by Crippen LogP contribution is 2.68. The molecule has 1 saturated heterocycles. The van der Waals surface area contributed by atoms with Crippen LogP contribution in [0.2, 0.25) is 0 Å². The molecule has 0 aromatic rings. The van der Waals surface area contributed by atoms with Crippen LogP contribution in [0.5, 0.6) is 0 Å². The topological polar surface area (TPSA) is 3.01 Å². The van der Waals surface area contributed by atoms with Crippen LogP contribution in [0.25, 0.3) is 0 Å². The first-order valence-electron chi connectivity index (χ1n) is 3.11. The van der Waals surface area contributed by atoms with Crippen LogP contribution in [0.3, 0.4) is 0 Å². The van der Waals surface area contributed by atoms with Crippen LogP contribution in [0, 0.1) is 11.8 Å². The average molecular weight is 95.1 g/mol. The number of piperidine rings is 1. The standard InChI is InChI=1S/C6H9N/c1-7-5-3-2-4(3)6(5)7/h3-6H,2H2,1H3/t3?,4?,5-,6?,7?/m1/s1. The second-order valence-electron chi connectivity index (χ2n) is 3.21. The van der Waals surface area contributed by atoms with E-state index in [0.29, 0.717) is 0 Å². The molecule has 0 amide bonds. The summed E-state index contributed by atoms with van der Waals surface area (Å²) in [6.45, 7) is 0. The van der Waals surface area contributed by atoms with Gasteiger partial charge >= 0.3 is 0 Å². The molecule has 1 nitrogen and oxygen atoms in total. The Labute approximate surface area is 43.3 Å². The van der Waals surface area contributed by atoms with Crippen LogP contribution in [0.15, 0.2) is 0 Å². The maximum Gasteiger partial charge on any atom is 0.0286 e. The minimum absolute atomic E-state index is 1.07. The fourth-order valence-corrected chi connectivity index (χ4v) is 2.37. The van der Waals surface area contributed by atoms with Crippen molar-refractivity contribution in [3.05, 3.63) is 0 Å². The van der Waals surface area contributed by atoms with Gasteiger partial charge in [0.15, 0.2) is 0 Å². The van der Waals surface area contributed by atoms with Crippen molar-refractivity contribution >= 4 is 0 Å². The molecule has 3 fully saturated rings. The van der Waals surface area contributed by atoms with Crippen molar-refractivity contribution in [3.63, 3.8) is 0 Å².